The lowest BCUT2D eigenvalue weighted by Crippen LogP contribution is -2.57. The van der Waals surface area contributed by atoms with E-state index in [1.165, 1.54) is 5.56 Å². The van der Waals surface area contributed by atoms with Gasteiger partial charge in [-0.2, -0.15) is 0 Å². The SMILES string of the molecule is c1ccc(N(c2ccccc2)c2ccc3c(c2)oc2c4c5c(cc23)Oc2cc3c(cc2B5c2ccccc2O4)C2c4ccccc4N(c4ccccc4)c4c2c(cc2c4oc4cc(N(c5ccccc5)c5ccccc5)ccc42)N3c2ccccc2)cc1. The highest BCUT2D eigenvalue weighted by Gasteiger charge is 2.47. The van der Waals surface area contributed by atoms with Crippen LogP contribution in [0.1, 0.15) is 22.6 Å². The molecule has 0 radical (unpaired) electrons. The molecule has 0 amide bonds. The second-order valence-corrected chi connectivity index (χ2v) is 23.1. The summed E-state index contributed by atoms with van der Waals surface area (Å²) < 4.78 is 29.2. The topological polar surface area (TPSA) is 57.7 Å². The van der Waals surface area contributed by atoms with Gasteiger partial charge in [0.25, 0.3) is 6.71 Å². The number of benzene rings is 13. The molecule has 9 heteroatoms. The summed E-state index contributed by atoms with van der Waals surface area (Å²) in [5.74, 6) is 2.77. The zero-order valence-corrected chi connectivity index (χ0v) is 47.3. The van der Waals surface area contributed by atoms with Crippen molar-refractivity contribution in [3.63, 3.8) is 0 Å². The van der Waals surface area contributed by atoms with Gasteiger partial charge < -0.3 is 37.9 Å². The molecule has 412 valence electrons. The fourth-order valence-electron chi connectivity index (χ4n) is 14.6. The van der Waals surface area contributed by atoms with Gasteiger partial charge in [-0.15, -0.1) is 0 Å². The Kier molecular flexibility index (Phi) is 10.5. The summed E-state index contributed by atoms with van der Waals surface area (Å²) in [7, 11) is 0. The molecule has 0 bridgehead atoms. The van der Waals surface area contributed by atoms with E-state index in [9.17, 15) is 0 Å². The van der Waals surface area contributed by atoms with Crippen LogP contribution in [0.2, 0.25) is 0 Å². The second kappa shape index (κ2) is 18.9. The first kappa shape index (κ1) is 48.7. The van der Waals surface area contributed by atoms with E-state index in [4.69, 9.17) is 18.3 Å². The third-order valence-corrected chi connectivity index (χ3v) is 18.3. The molecule has 0 fully saturated rings. The van der Waals surface area contributed by atoms with E-state index in [0.717, 1.165) is 151 Å². The molecule has 4 aliphatic rings. The lowest BCUT2D eigenvalue weighted by atomic mass is 9.34. The predicted molar refractivity (Wildman–Crippen MR) is 358 cm³/mol. The Morgan fingerprint density at radius 3 is 1.44 bits per heavy atom. The minimum atomic E-state index is -0.257. The van der Waals surface area contributed by atoms with Crippen molar-refractivity contribution in [1.29, 1.82) is 0 Å². The van der Waals surface area contributed by atoms with E-state index < -0.39 is 0 Å². The van der Waals surface area contributed by atoms with E-state index in [1.807, 2.05) is 12.1 Å². The highest BCUT2D eigenvalue weighted by atomic mass is 16.5. The van der Waals surface area contributed by atoms with Crippen LogP contribution in [0.25, 0.3) is 43.9 Å². The van der Waals surface area contributed by atoms with Gasteiger partial charge in [0, 0.05) is 102 Å². The molecule has 0 N–H and O–H groups in total. The van der Waals surface area contributed by atoms with Crippen molar-refractivity contribution >= 4 is 135 Å². The predicted octanol–water partition coefficient (Wildman–Crippen LogP) is 19.9. The second-order valence-electron chi connectivity index (χ2n) is 23.1. The van der Waals surface area contributed by atoms with E-state index in [1.54, 1.807) is 0 Å². The van der Waals surface area contributed by atoms with Gasteiger partial charge in [-0.05, 0) is 143 Å². The summed E-state index contributed by atoms with van der Waals surface area (Å²) in [6.45, 7) is -0.257. The summed E-state index contributed by atoms with van der Waals surface area (Å²) in [5, 5.41) is 3.95. The Hall–Kier alpha value is -11.7. The van der Waals surface area contributed by atoms with Crippen molar-refractivity contribution < 1.29 is 18.3 Å². The number of hydrogen-bond donors (Lipinski definition) is 0. The molecule has 15 aromatic rings. The Labute approximate surface area is 507 Å². The molecule has 13 aromatic carbocycles. The first-order valence-electron chi connectivity index (χ1n) is 30.0. The molecule has 8 nitrogen and oxygen atoms in total. The maximum Gasteiger partial charge on any atom is 0.260 e. The Morgan fingerprint density at radius 2 is 0.841 bits per heavy atom. The van der Waals surface area contributed by atoms with Crippen LogP contribution < -0.4 is 45.5 Å². The molecule has 1 unspecified atom stereocenters. The van der Waals surface area contributed by atoms with Crippen molar-refractivity contribution in [3.8, 4) is 23.0 Å². The van der Waals surface area contributed by atoms with E-state index in [-0.39, 0.29) is 12.6 Å². The van der Waals surface area contributed by atoms with Crippen molar-refractivity contribution in [2.45, 2.75) is 5.92 Å². The molecular weight excluding hydrogens is 1080 g/mol. The minimum absolute atomic E-state index is 0.226. The Morgan fingerprint density at radius 1 is 0.330 bits per heavy atom. The van der Waals surface area contributed by atoms with Crippen molar-refractivity contribution in [3.05, 3.63) is 308 Å². The number of ether oxygens (including phenoxy) is 2. The number of furan rings is 2. The van der Waals surface area contributed by atoms with Crippen LogP contribution in [0.4, 0.5) is 68.2 Å². The number of hydrogen-bond acceptors (Lipinski definition) is 8. The number of rotatable bonds is 8. The van der Waals surface area contributed by atoms with Crippen LogP contribution in [-0.2, 0) is 0 Å². The number of anilines is 12. The summed E-state index contributed by atoms with van der Waals surface area (Å²) in [6, 6.07) is 103. The van der Waals surface area contributed by atoms with E-state index >= 15 is 0 Å². The molecule has 0 saturated heterocycles. The van der Waals surface area contributed by atoms with Crippen LogP contribution in [0.15, 0.2) is 300 Å². The molecule has 6 heterocycles. The molecule has 88 heavy (non-hydrogen) atoms. The Balaban J connectivity index is 0.844. The van der Waals surface area contributed by atoms with Crippen LogP contribution in [0.3, 0.4) is 0 Å². The van der Waals surface area contributed by atoms with E-state index in [2.05, 4.69) is 299 Å². The van der Waals surface area contributed by atoms with Crippen LogP contribution in [0.5, 0.6) is 23.0 Å². The third-order valence-electron chi connectivity index (χ3n) is 18.3. The maximum atomic E-state index is 7.49. The van der Waals surface area contributed by atoms with Crippen LogP contribution >= 0.6 is 0 Å². The number of para-hydroxylation sites is 8. The zero-order chi connectivity index (χ0) is 57.6. The molecule has 4 aliphatic heterocycles. The highest BCUT2D eigenvalue weighted by Crippen LogP contribution is 2.63. The van der Waals surface area contributed by atoms with Crippen molar-refractivity contribution in [2.75, 3.05) is 19.6 Å². The molecule has 0 aliphatic carbocycles. The normalized spacial score (nSPS) is 13.9. The first-order valence-corrected chi connectivity index (χ1v) is 30.0. The minimum Gasteiger partial charge on any atom is -0.458 e. The molecular formula is C79H49BN4O4. The molecule has 19 rings (SSSR count). The van der Waals surface area contributed by atoms with E-state index in [0.29, 0.717) is 11.3 Å². The average Bonchev–Trinajstić information content (AvgIpc) is 1.12. The summed E-state index contributed by atoms with van der Waals surface area (Å²) in [5.41, 5.74) is 22.1. The molecule has 0 spiro atoms. The lowest BCUT2D eigenvalue weighted by Gasteiger charge is -2.45. The van der Waals surface area contributed by atoms with Gasteiger partial charge in [-0.1, -0.05) is 152 Å². The summed E-state index contributed by atoms with van der Waals surface area (Å²) >= 11 is 0. The van der Waals surface area contributed by atoms with Crippen LogP contribution in [-0.4, -0.2) is 6.71 Å². The van der Waals surface area contributed by atoms with Gasteiger partial charge in [0.1, 0.15) is 28.4 Å². The van der Waals surface area contributed by atoms with Gasteiger partial charge >= 0.3 is 0 Å². The smallest absolute Gasteiger partial charge is 0.260 e. The van der Waals surface area contributed by atoms with Gasteiger partial charge in [-0.3, -0.25) is 0 Å². The Bertz CT molecular complexity index is 5230. The maximum absolute atomic E-state index is 7.49. The van der Waals surface area contributed by atoms with Crippen molar-refractivity contribution in [2.24, 2.45) is 0 Å². The third kappa shape index (κ3) is 7.16. The monoisotopic (exact) mass is 1130 g/mol. The molecule has 1 atom stereocenters. The average molecular weight is 1130 g/mol. The van der Waals surface area contributed by atoms with Gasteiger partial charge in [0.05, 0.1) is 22.7 Å². The van der Waals surface area contributed by atoms with Gasteiger partial charge in [0.15, 0.2) is 16.9 Å². The standard InChI is InChI=1S/C79H49BN4O4/c1-7-23-49(24-8-1)81(50-25-9-2-10-26-50)55-39-41-57-60-46-67-74-73(59-35-19-21-37-65(59)84(54-33-17-6-18-34-54)76(74)77(60)87-69(57)43-55)62-45-64-71(48-66(62)83(67)53-31-15-5-16-32-53)85-72-47-61-58-42-40-56(82(51-27-11-3-12-28-51)52-29-13-4-14-30-52)44-70(58)88-78(61)79-75(72)80(64)63-36-20-22-38-68(63)86-79/h1-48,73H. The van der Waals surface area contributed by atoms with Gasteiger partial charge in [-0.25, -0.2) is 0 Å². The quantitative estimate of drug-likeness (QED) is 0.140. The zero-order valence-electron chi connectivity index (χ0n) is 47.3. The van der Waals surface area contributed by atoms with Gasteiger partial charge in [0.2, 0.25) is 0 Å². The fraction of sp³-hybridized carbons (Fsp3) is 0.0127. The number of fused-ring (bicyclic) bond motifs is 16. The fourth-order valence-corrected chi connectivity index (χ4v) is 14.6. The van der Waals surface area contributed by atoms with Crippen LogP contribution in [0, 0.1) is 0 Å². The summed E-state index contributed by atoms with van der Waals surface area (Å²) in [6.07, 6.45) is 0. The number of nitrogens with zero attached hydrogens (tertiary/aromatic N) is 4. The lowest BCUT2D eigenvalue weighted by molar-refractivity contribution is 0.462. The summed E-state index contributed by atoms with van der Waals surface area (Å²) in [4.78, 5) is 9.45. The van der Waals surface area contributed by atoms with Crippen molar-refractivity contribution in [1.82, 2.24) is 0 Å². The first-order chi connectivity index (χ1) is 43.7. The molecule has 2 aromatic heterocycles. The molecule has 0 saturated carbocycles. The largest absolute Gasteiger partial charge is 0.458 e. The highest BCUT2D eigenvalue weighted by molar-refractivity contribution is 6.98.